The van der Waals surface area contributed by atoms with Crippen LogP contribution in [0.25, 0.3) is 22.3 Å². The Morgan fingerprint density at radius 3 is 2.61 bits per heavy atom. The van der Waals surface area contributed by atoms with Crippen LogP contribution < -0.4 is 15.5 Å². The summed E-state index contributed by atoms with van der Waals surface area (Å²) in [5.41, 5.74) is 2.78. The van der Waals surface area contributed by atoms with Crippen molar-refractivity contribution in [2.24, 2.45) is 0 Å². The first-order chi connectivity index (χ1) is 15.0. The predicted molar refractivity (Wildman–Crippen MR) is 123 cm³/mol. The highest BCUT2D eigenvalue weighted by Crippen LogP contribution is 2.27. The van der Waals surface area contributed by atoms with E-state index in [0.29, 0.717) is 29.3 Å². The topological polar surface area (TPSA) is 86.1 Å². The number of aromatic nitrogens is 3. The van der Waals surface area contributed by atoms with E-state index in [4.69, 9.17) is 4.74 Å². The number of anilines is 1. The summed E-state index contributed by atoms with van der Waals surface area (Å²) in [6, 6.07) is 11.1. The third kappa shape index (κ3) is 4.20. The Morgan fingerprint density at radius 2 is 1.90 bits per heavy atom. The van der Waals surface area contributed by atoms with Crippen molar-refractivity contribution in [2.45, 2.75) is 27.3 Å². The minimum atomic E-state index is -0.484. The third-order valence-electron chi connectivity index (χ3n) is 4.83. The zero-order valence-corrected chi connectivity index (χ0v) is 18.3. The fraction of sp³-hybridized carbons (Fsp3) is 0.217. The molecule has 0 bridgehead atoms. The van der Waals surface area contributed by atoms with Crippen LogP contribution in [-0.4, -0.2) is 27.0 Å². The maximum absolute atomic E-state index is 12.9. The van der Waals surface area contributed by atoms with Gasteiger partial charge in [-0.15, -0.1) is 11.3 Å². The molecule has 0 fully saturated rings. The molecule has 31 heavy (non-hydrogen) atoms. The molecule has 1 N–H and O–H groups in total. The maximum Gasteiger partial charge on any atom is 0.262 e. The lowest BCUT2D eigenvalue weighted by Gasteiger charge is -2.11. The van der Waals surface area contributed by atoms with Crippen molar-refractivity contribution in [2.75, 3.05) is 11.9 Å². The Labute approximate surface area is 183 Å². The van der Waals surface area contributed by atoms with Crippen molar-refractivity contribution < 1.29 is 9.53 Å². The van der Waals surface area contributed by atoms with Gasteiger partial charge in [0.1, 0.15) is 17.0 Å². The number of nitrogens with zero attached hydrogens (tertiary/aromatic N) is 3. The van der Waals surface area contributed by atoms with E-state index in [2.05, 4.69) is 15.3 Å². The van der Waals surface area contributed by atoms with Crippen LogP contribution in [0.3, 0.4) is 0 Å². The van der Waals surface area contributed by atoms with E-state index in [1.54, 1.807) is 18.3 Å². The van der Waals surface area contributed by atoms with Crippen LogP contribution >= 0.6 is 11.3 Å². The highest BCUT2D eigenvalue weighted by molar-refractivity contribution is 7.14. The second kappa shape index (κ2) is 8.69. The molecule has 0 atom stereocenters. The number of amides is 1. The summed E-state index contributed by atoms with van der Waals surface area (Å²) in [4.78, 5) is 34.7. The lowest BCUT2D eigenvalue weighted by molar-refractivity contribution is 0.102. The number of nitrogens with one attached hydrogen (secondary N) is 1. The van der Waals surface area contributed by atoms with Gasteiger partial charge in [-0.3, -0.25) is 14.9 Å². The number of benzene rings is 1. The van der Waals surface area contributed by atoms with Crippen LogP contribution in [0.2, 0.25) is 0 Å². The Morgan fingerprint density at radius 1 is 1.13 bits per heavy atom. The van der Waals surface area contributed by atoms with Gasteiger partial charge in [0.2, 0.25) is 5.43 Å². The average Bonchev–Trinajstić information content (AvgIpc) is 3.23. The molecule has 0 unspecified atom stereocenters. The molecule has 7 nitrogen and oxygen atoms in total. The number of carbonyl (C=O) groups is 1. The van der Waals surface area contributed by atoms with E-state index in [1.165, 1.54) is 11.3 Å². The number of hydrogen-bond acceptors (Lipinski definition) is 6. The summed E-state index contributed by atoms with van der Waals surface area (Å²) in [6.07, 6.45) is 1.56. The summed E-state index contributed by atoms with van der Waals surface area (Å²) in [7, 11) is 0. The highest BCUT2D eigenvalue weighted by Gasteiger charge is 2.17. The average molecular weight is 435 g/mol. The van der Waals surface area contributed by atoms with E-state index < -0.39 is 5.91 Å². The van der Waals surface area contributed by atoms with Gasteiger partial charge in [0, 0.05) is 29.4 Å². The van der Waals surface area contributed by atoms with Gasteiger partial charge in [0.25, 0.3) is 5.91 Å². The SMILES string of the molecule is CCOc1ccc(-c2csc(NC(=O)c3cn(CC)c4nc(C)ccc4c3=O)n2)cc1. The number of carbonyl (C=O) groups excluding carboxylic acids is 1. The molecule has 8 heteroatoms. The number of rotatable bonds is 6. The molecular weight excluding hydrogens is 412 g/mol. The van der Waals surface area contributed by atoms with Crippen LogP contribution in [0, 0.1) is 6.92 Å². The fourth-order valence-corrected chi connectivity index (χ4v) is 3.99. The number of ether oxygens (including phenoxy) is 1. The Kier molecular flexibility index (Phi) is 5.81. The summed E-state index contributed by atoms with van der Waals surface area (Å²) < 4.78 is 7.27. The first-order valence-electron chi connectivity index (χ1n) is 10.0. The zero-order valence-electron chi connectivity index (χ0n) is 17.5. The molecule has 1 amide bonds. The van der Waals surface area contributed by atoms with Crippen molar-refractivity contribution >= 4 is 33.4 Å². The molecule has 1 aromatic carbocycles. The first kappa shape index (κ1) is 20.7. The van der Waals surface area contributed by atoms with Crippen molar-refractivity contribution in [1.29, 1.82) is 0 Å². The lowest BCUT2D eigenvalue weighted by atomic mass is 10.1. The third-order valence-corrected chi connectivity index (χ3v) is 5.59. The summed E-state index contributed by atoms with van der Waals surface area (Å²) in [6.45, 7) is 6.95. The Hall–Kier alpha value is -3.52. The van der Waals surface area contributed by atoms with Crippen molar-refractivity contribution in [1.82, 2.24) is 14.5 Å². The molecule has 0 radical (unpaired) electrons. The molecule has 0 aliphatic rings. The number of thiazole rings is 1. The minimum absolute atomic E-state index is 0.0674. The van der Waals surface area contributed by atoms with E-state index in [0.717, 1.165) is 22.7 Å². The van der Waals surface area contributed by atoms with Crippen molar-refractivity contribution in [3.8, 4) is 17.0 Å². The molecular formula is C23H22N4O3S. The Bertz CT molecular complexity index is 1310. The van der Waals surface area contributed by atoms with Gasteiger partial charge >= 0.3 is 0 Å². The van der Waals surface area contributed by atoms with Gasteiger partial charge in [-0.05, 0) is 57.2 Å². The standard InChI is InChI=1S/C23H22N4O3S/c1-4-27-12-18(20(28)17-11-6-14(3)24-21(17)27)22(29)26-23-25-19(13-31-23)15-7-9-16(10-8-15)30-5-2/h6-13H,4-5H2,1-3H3,(H,25,26,29). The van der Waals surface area contributed by atoms with E-state index in [-0.39, 0.29) is 11.0 Å². The zero-order chi connectivity index (χ0) is 22.0. The molecule has 3 heterocycles. The largest absolute Gasteiger partial charge is 0.494 e. The Balaban J connectivity index is 1.60. The van der Waals surface area contributed by atoms with Crippen molar-refractivity contribution in [3.63, 3.8) is 0 Å². The molecule has 4 aromatic rings. The number of aryl methyl sites for hydroxylation is 2. The van der Waals surface area contributed by atoms with E-state index >= 15 is 0 Å². The van der Waals surface area contributed by atoms with Crippen LogP contribution in [0.15, 0.2) is 52.8 Å². The quantitative estimate of drug-likeness (QED) is 0.483. The second-order valence-corrected chi connectivity index (χ2v) is 7.79. The molecule has 0 saturated heterocycles. The molecule has 0 aliphatic heterocycles. The van der Waals surface area contributed by atoms with Crippen molar-refractivity contribution in [3.05, 3.63) is 69.5 Å². The summed E-state index contributed by atoms with van der Waals surface area (Å²) in [5.74, 6) is 0.311. The van der Waals surface area contributed by atoms with Crippen LogP contribution in [0.4, 0.5) is 5.13 Å². The van der Waals surface area contributed by atoms with Crippen LogP contribution in [-0.2, 0) is 6.54 Å². The van der Waals surface area contributed by atoms with Gasteiger partial charge < -0.3 is 9.30 Å². The van der Waals surface area contributed by atoms with Crippen LogP contribution in [0.1, 0.15) is 29.9 Å². The number of pyridine rings is 2. The number of hydrogen-bond donors (Lipinski definition) is 1. The molecule has 3 aromatic heterocycles. The molecule has 0 spiro atoms. The van der Waals surface area contributed by atoms with E-state index in [9.17, 15) is 9.59 Å². The predicted octanol–water partition coefficient (Wildman–Crippen LogP) is 4.50. The molecule has 4 rings (SSSR count). The van der Waals surface area contributed by atoms with Gasteiger partial charge in [-0.2, -0.15) is 0 Å². The minimum Gasteiger partial charge on any atom is -0.494 e. The lowest BCUT2D eigenvalue weighted by Crippen LogP contribution is -2.24. The maximum atomic E-state index is 12.9. The molecule has 158 valence electrons. The first-order valence-corrected chi connectivity index (χ1v) is 10.9. The second-order valence-electron chi connectivity index (χ2n) is 6.93. The van der Waals surface area contributed by atoms with E-state index in [1.807, 2.05) is 55.0 Å². The number of fused-ring (bicyclic) bond motifs is 1. The molecule has 0 aliphatic carbocycles. The van der Waals surface area contributed by atoms with Crippen LogP contribution in [0.5, 0.6) is 5.75 Å². The summed E-state index contributed by atoms with van der Waals surface area (Å²) >= 11 is 1.31. The smallest absolute Gasteiger partial charge is 0.262 e. The fourth-order valence-electron chi connectivity index (χ4n) is 3.28. The van der Waals surface area contributed by atoms with Gasteiger partial charge in [0.15, 0.2) is 5.13 Å². The summed E-state index contributed by atoms with van der Waals surface area (Å²) in [5, 5.41) is 5.48. The highest BCUT2D eigenvalue weighted by atomic mass is 32.1. The normalized spacial score (nSPS) is 10.9. The van der Waals surface area contributed by atoms with Gasteiger partial charge in [-0.25, -0.2) is 9.97 Å². The van der Waals surface area contributed by atoms with Gasteiger partial charge in [-0.1, -0.05) is 0 Å². The molecule has 0 saturated carbocycles. The van der Waals surface area contributed by atoms with Gasteiger partial charge in [0.05, 0.1) is 17.7 Å². The monoisotopic (exact) mass is 434 g/mol.